The Balaban J connectivity index is 1.98. The quantitative estimate of drug-likeness (QED) is 0.694. The summed E-state index contributed by atoms with van der Waals surface area (Å²) in [5.74, 6) is 0.699. The predicted octanol–water partition coefficient (Wildman–Crippen LogP) is 0.709. The van der Waals surface area contributed by atoms with Crippen LogP contribution in [0.4, 0.5) is 0 Å². The maximum absolute atomic E-state index is 3.93. The molecule has 1 saturated heterocycles. The Kier molecular flexibility index (Phi) is 2.14. The molecule has 62 valence electrons. The SMILES string of the molecule is C(=C\C1CNC1)/c1cncnc1. The summed E-state index contributed by atoms with van der Waals surface area (Å²) in [6, 6.07) is 0. The summed E-state index contributed by atoms with van der Waals surface area (Å²) in [5.41, 5.74) is 1.07. The number of hydrogen-bond acceptors (Lipinski definition) is 3. The van der Waals surface area contributed by atoms with Crippen LogP contribution in [0.3, 0.4) is 0 Å². The summed E-state index contributed by atoms with van der Waals surface area (Å²) in [7, 11) is 0. The van der Waals surface area contributed by atoms with E-state index in [1.165, 1.54) is 0 Å². The third kappa shape index (κ3) is 1.68. The third-order valence-electron chi connectivity index (χ3n) is 1.95. The smallest absolute Gasteiger partial charge is 0.115 e. The zero-order chi connectivity index (χ0) is 8.23. The van der Waals surface area contributed by atoms with E-state index in [9.17, 15) is 0 Å². The molecule has 0 bridgehead atoms. The van der Waals surface area contributed by atoms with Crippen molar-refractivity contribution >= 4 is 6.08 Å². The van der Waals surface area contributed by atoms with Gasteiger partial charge in [-0.15, -0.1) is 0 Å². The van der Waals surface area contributed by atoms with Gasteiger partial charge in [-0.1, -0.05) is 12.2 Å². The van der Waals surface area contributed by atoms with Crippen LogP contribution in [0, 0.1) is 5.92 Å². The van der Waals surface area contributed by atoms with Crippen molar-refractivity contribution in [1.82, 2.24) is 15.3 Å². The predicted molar refractivity (Wildman–Crippen MR) is 47.4 cm³/mol. The first-order valence-corrected chi connectivity index (χ1v) is 4.09. The first-order chi connectivity index (χ1) is 5.95. The van der Waals surface area contributed by atoms with E-state index < -0.39 is 0 Å². The van der Waals surface area contributed by atoms with Gasteiger partial charge < -0.3 is 5.32 Å². The van der Waals surface area contributed by atoms with Crippen LogP contribution in [0.25, 0.3) is 6.08 Å². The summed E-state index contributed by atoms with van der Waals surface area (Å²) < 4.78 is 0. The van der Waals surface area contributed by atoms with Crippen LogP contribution in [0.2, 0.25) is 0 Å². The summed E-state index contributed by atoms with van der Waals surface area (Å²) in [6.07, 6.45) is 9.45. The Morgan fingerprint density at radius 3 is 2.67 bits per heavy atom. The lowest BCUT2D eigenvalue weighted by Gasteiger charge is -2.23. The summed E-state index contributed by atoms with van der Waals surface area (Å²) >= 11 is 0. The number of nitrogens with zero attached hydrogens (tertiary/aromatic N) is 2. The van der Waals surface area contributed by atoms with Crippen molar-refractivity contribution in [3.8, 4) is 0 Å². The Morgan fingerprint density at radius 1 is 1.33 bits per heavy atom. The highest BCUT2D eigenvalue weighted by Gasteiger charge is 2.11. The monoisotopic (exact) mass is 161 g/mol. The Morgan fingerprint density at radius 2 is 2.08 bits per heavy atom. The second-order valence-electron chi connectivity index (χ2n) is 2.95. The molecule has 2 heterocycles. The van der Waals surface area contributed by atoms with Crippen LogP contribution in [0.15, 0.2) is 24.8 Å². The van der Waals surface area contributed by atoms with Gasteiger partial charge in [0.2, 0.25) is 0 Å². The zero-order valence-corrected chi connectivity index (χ0v) is 6.77. The number of nitrogens with one attached hydrogen (secondary N) is 1. The molecule has 1 fully saturated rings. The molecular weight excluding hydrogens is 150 g/mol. The lowest BCUT2D eigenvalue weighted by Crippen LogP contribution is -2.40. The zero-order valence-electron chi connectivity index (χ0n) is 6.77. The van der Waals surface area contributed by atoms with Crippen molar-refractivity contribution in [2.75, 3.05) is 13.1 Å². The minimum Gasteiger partial charge on any atom is -0.315 e. The molecule has 1 N–H and O–H groups in total. The van der Waals surface area contributed by atoms with Crippen LogP contribution in [-0.2, 0) is 0 Å². The van der Waals surface area contributed by atoms with Crippen molar-refractivity contribution in [2.45, 2.75) is 0 Å². The number of hydrogen-bond donors (Lipinski definition) is 1. The van der Waals surface area contributed by atoms with Crippen LogP contribution >= 0.6 is 0 Å². The summed E-state index contributed by atoms with van der Waals surface area (Å²) in [5, 5.41) is 3.21. The molecule has 0 saturated carbocycles. The van der Waals surface area contributed by atoms with E-state index in [0.29, 0.717) is 5.92 Å². The van der Waals surface area contributed by atoms with E-state index in [1.54, 1.807) is 6.33 Å². The van der Waals surface area contributed by atoms with Gasteiger partial charge in [0.05, 0.1) is 0 Å². The molecule has 1 aromatic heterocycles. The third-order valence-corrected chi connectivity index (χ3v) is 1.95. The highest BCUT2D eigenvalue weighted by Crippen LogP contribution is 2.07. The lowest BCUT2D eigenvalue weighted by atomic mass is 10.0. The fourth-order valence-electron chi connectivity index (χ4n) is 1.09. The van der Waals surface area contributed by atoms with Gasteiger partial charge in [-0.2, -0.15) is 0 Å². The molecule has 0 aromatic carbocycles. The molecule has 3 heteroatoms. The highest BCUT2D eigenvalue weighted by molar-refractivity contribution is 5.46. The second-order valence-corrected chi connectivity index (χ2v) is 2.95. The topological polar surface area (TPSA) is 37.8 Å². The van der Waals surface area contributed by atoms with Gasteiger partial charge >= 0.3 is 0 Å². The van der Waals surface area contributed by atoms with Crippen molar-refractivity contribution < 1.29 is 0 Å². The molecule has 12 heavy (non-hydrogen) atoms. The maximum atomic E-state index is 3.93. The molecule has 2 rings (SSSR count). The molecule has 0 amide bonds. The van der Waals surface area contributed by atoms with Crippen LogP contribution in [-0.4, -0.2) is 23.1 Å². The molecule has 1 aliphatic heterocycles. The van der Waals surface area contributed by atoms with Crippen molar-refractivity contribution in [2.24, 2.45) is 5.92 Å². The first-order valence-electron chi connectivity index (χ1n) is 4.09. The largest absolute Gasteiger partial charge is 0.315 e. The van der Waals surface area contributed by atoms with E-state index in [0.717, 1.165) is 18.7 Å². The molecule has 1 aliphatic rings. The van der Waals surface area contributed by atoms with Crippen molar-refractivity contribution in [3.63, 3.8) is 0 Å². The minimum atomic E-state index is 0.699. The Hall–Kier alpha value is -1.22. The minimum absolute atomic E-state index is 0.699. The molecule has 0 aliphatic carbocycles. The Labute approximate surface area is 71.5 Å². The second kappa shape index (κ2) is 3.45. The van der Waals surface area contributed by atoms with Gasteiger partial charge in [0.15, 0.2) is 0 Å². The molecule has 0 unspecified atom stereocenters. The van der Waals surface area contributed by atoms with Gasteiger partial charge in [-0.25, -0.2) is 9.97 Å². The summed E-state index contributed by atoms with van der Waals surface area (Å²) in [4.78, 5) is 7.86. The van der Waals surface area contributed by atoms with E-state index in [4.69, 9.17) is 0 Å². The molecular formula is C9H11N3. The van der Waals surface area contributed by atoms with E-state index >= 15 is 0 Å². The molecule has 0 spiro atoms. The molecule has 0 radical (unpaired) electrons. The van der Waals surface area contributed by atoms with Crippen LogP contribution in [0.1, 0.15) is 5.56 Å². The van der Waals surface area contributed by atoms with Gasteiger partial charge in [0.1, 0.15) is 6.33 Å². The lowest BCUT2D eigenvalue weighted by molar-refractivity contribution is 0.420. The van der Waals surface area contributed by atoms with Gasteiger partial charge in [-0.05, 0) is 0 Å². The average molecular weight is 161 g/mol. The molecule has 3 nitrogen and oxygen atoms in total. The average Bonchev–Trinajstić information content (AvgIpc) is 2.04. The van der Waals surface area contributed by atoms with E-state index in [1.807, 2.05) is 12.4 Å². The molecule has 1 aromatic rings. The fourth-order valence-corrected chi connectivity index (χ4v) is 1.09. The number of rotatable bonds is 2. The van der Waals surface area contributed by atoms with Gasteiger partial charge in [-0.3, -0.25) is 0 Å². The normalized spacial score (nSPS) is 18.0. The number of aromatic nitrogens is 2. The summed E-state index contributed by atoms with van der Waals surface area (Å²) in [6.45, 7) is 2.20. The Bertz CT molecular complexity index is 264. The maximum Gasteiger partial charge on any atom is 0.115 e. The van der Waals surface area contributed by atoms with Gasteiger partial charge in [0.25, 0.3) is 0 Å². The molecule has 0 atom stereocenters. The fraction of sp³-hybridized carbons (Fsp3) is 0.333. The van der Waals surface area contributed by atoms with E-state index in [2.05, 4.69) is 27.4 Å². The van der Waals surface area contributed by atoms with Crippen LogP contribution < -0.4 is 5.32 Å². The highest BCUT2D eigenvalue weighted by atomic mass is 14.9. The van der Waals surface area contributed by atoms with Crippen LogP contribution in [0.5, 0.6) is 0 Å². The van der Waals surface area contributed by atoms with Crippen molar-refractivity contribution in [3.05, 3.63) is 30.4 Å². The van der Waals surface area contributed by atoms with E-state index in [-0.39, 0.29) is 0 Å². The first kappa shape index (κ1) is 7.43. The van der Waals surface area contributed by atoms with Crippen molar-refractivity contribution in [1.29, 1.82) is 0 Å². The van der Waals surface area contributed by atoms with Gasteiger partial charge in [0, 0.05) is 37.0 Å². The standard InChI is InChI=1S/C9H11N3/c1(8-3-10-4-8)2-9-5-11-7-12-6-9/h1-2,5-8,10H,3-4H2/b2-1+.